The van der Waals surface area contributed by atoms with Crippen LogP contribution in [-0.2, 0) is 4.79 Å². The predicted octanol–water partition coefficient (Wildman–Crippen LogP) is 4.08. The second kappa shape index (κ2) is 6.12. The normalized spacial score (nSPS) is 11.7. The summed E-state index contributed by atoms with van der Waals surface area (Å²) >= 11 is 0. The summed E-state index contributed by atoms with van der Waals surface area (Å²) in [5.74, 6) is -1.50. The van der Waals surface area contributed by atoms with Crippen LogP contribution in [0.4, 0.5) is 4.39 Å². The number of carbonyl (C=O) groups is 1. The minimum atomic E-state index is -0.890. The number of benzene rings is 2. The lowest BCUT2D eigenvalue weighted by Gasteiger charge is -2.10. The van der Waals surface area contributed by atoms with Crippen LogP contribution in [0.1, 0.15) is 24.8 Å². The molecule has 0 saturated heterocycles. The summed E-state index contributed by atoms with van der Waals surface area (Å²) in [4.78, 5) is 11.7. The van der Waals surface area contributed by atoms with E-state index in [9.17, 15) is 9.18 Å². The summed E-state index contributed by atoms with van der Waals surface area (Å²) in [7, 11) is 0. The van der Waals surface area contributed by atoms with Crippen molar-refractivity contribution in [1.82, 2.24) is 0 Å². The Labute approximate surface area is 117 Å². The average Bonchev–Trinajstić information content (AvgIpc) is 2.49. The first-order valence-corrected chi connectivity index (χ1v) is 6.44. The zero-order valence-electron chi connectivity index (χ0n) is 11.1. The van der Waals surface area contributed by atoms with Gasteiger partial charge in [-0.2, -0.15) is 5.26 Å². The van der Waals surface area contributed by atoms with E-state index in [4.69, 9.17) is 5.26 Å². The fourth-order valence-corrected chi connectivity index (χ4v) is 2.10. The Balaban J connectivity index is 2.40. The molecule has 0 N–H and O–H groups in total. The van der Waals surface area contributed by atoms with Crippen LogP contribution in [-0.4, -0.2) is 5.78 Å². The van der Waals surface area contributed by atoms with E-state index in [1.165, 1.54) is 6.07 Å². The highest BCUT2D eigenvalue weighted by atomic mass is 19.1. The minimum Gasteiger partial charge on any atom is -0.298 e. The largest absolute Gasteiger partial charge is 0.298 e. The molecule has 1 atom stereocenters. The smallest absolute Gasteiger partial charge is 0.154 e. The minimum absolute atomic E-state index is 0.195. The molecule has 1 unspecified atom stereocenters. The Kier molecular flexibility index (Phi) is 4.27. The van der Waals surface area contributed by atoms with Crippen molar-refractivity contribution in [3.05, 3.63) is 59.9 Å². The van der Waals surface area contributed by atoms with Crippen molar-refractivity contribution in [2.45, 2.75) is 19.3 Å². The first kappa shape index (κ1) is 14.0. The van der Waals surface area contributed by atoms with Gasteiger partial charge < -0.3 is 0 Å². The van der Waals surface area contributed by atoms with Crippen LogP contribution in [0.3, 0.4) is 0 Å². The van der Waals surface area contributed by atoms with Gasteiger partial charge >= 0.3 is 0 Å². The van der Waals surface area contributed by atoms with Crippen molar-refractivity contribution >= 4 is 5.78 Å². The van der Waals surface area contributed by atoms with Gasteiger partial charge in [-0.1, -0.05) is 49.4 Å². The molecule has 20 heavy (non-hydrogen) atoms. The van der Waals surface area contributed by atoms with Gasteiger partial charge in [0.05, 0.1) is 6.07 Å². The number of halogens is 1. The third-order valence-electron chi connectivity index (χ3n) is 3.21. The van der Waals surface area contributed by atoms with E-state index in [1.807, 2.05) is 36.4 Å². The van der Waals surface area contributed by atoms with Crippen molar-refractivity contribution in [1.29, 1.82) is 5.26 Å². The summed E-state index contributed by atoms with van der Waals surface area (Å²) < 4.78 is 14.2. The van der Waals surface area contributed by atoms with Crippen LogP contribution in [0.5, 0.6) is 0 Å². The molecule has 3 heteroatoms. The lowest BCUT2D eigenvalue weighted by molar-refractivity contribution is -0.119. The highest BCUT2D eigenvalue weighted by Gasteiger charge is 2.19. The topological polar surface area (TPSA) is 40.9 Å². The molecule has 0 fully saturated rings. The van der Waals surface area contributed by atoms with Gasteiger partial charge in [-0.3, -0.25) is 4.79 Å². The van der Waals surface area contributed by atoms with Gasteiger partial charge in [0.25, 0.3) is 0 Å². The lowest BCUT2D eigenvalue weighted by Crippen LogP contribution is -2.09. The third kappa shape index (κ3) is 2.75. The van der Waals surface area contributed by atoms with Gasteiger partial charge in [-0.25, -0.2) is 4.39 Å². The van der Waals surface area contributed by atoms with E-state index < -0.39 is 11.7 Å². The van der Waals surface area contributed by atoms with Crippen LogP contribution in [0, 0.1) is 17.1 Å². The summed E-state index contributed by atoms with van der Waals surface area (Å²) in [6, 6.07) is 15.6. The quantitative estimate of drug-likeness (QED) is 0.837. The van der Waals surface area contributed by atoms with Crippen LogP contribution in [0.25, 0.3) is 11.1 Å². The summed E-state index contributed by atoms with van der Waals surface area (Å²) in [5.41, 5.74) is 1.65. The molecule has 0 aliphatic carbocycles. The number of ketones is 1. The van der Waals surface area contributed by atoms with Crippen LogP contribution in [0.15, 0.2) is 48.5 Å². The van der Waals surface area contributed by atoms with Crippen LogP contribution < -0.4 is 0 Å². The Bertz CT molecular complexity index is 658. The maximum atomic E-state index is 14.2. The number of nitrogens with zero attached hydrogens (tertiary/aromatic N) is 1. The number of hydrogen-bond donors (Lipinski definition) is 0. The molecule has 0 aromatic heterocycles. The van der Waals surface area contributed by atoms with Crippen LogP contribution in [0.2, 0.25) is 0 Å². The number of rotatable bonds is 4. The van der Waals surface area contributed by atoms with Gasteiger partial charge in [-0.15, -0.1) is 0 Å². The van der Waals surface area contributed by atoms with Crippen molar-refractivity contribution in [2.75, 3.05) is 0 Å². The molecule has 100 valence electrons. The molecule has 2 aromatic rings. The number of nitriles is 1. The van der Waals surface area contributed by atoms with Gasteiger partial charge in [0.2, 0.25) is 0 Å². The molecule has 0 spiro atoms. The molecule has 2 aromatic carbocycles. The second-order valence-electron chi connectivity index (χ2n) is 4.49. The van der Waals surface area contributed by atoms with Crippen molar-refractivity contribution < 1.29 is 9.18 Å². The summed E-state index contributed by atoms with van der Waals surface area (Å²) in [6.45, 7) is 1.70. The zero-order valence-corrected chi connectivity index (χ0v) is 11.1. The molecular weight excluding hydrogens is 253 g/mol. The maximum absolute atomic E-state index is 14.2. The second-order valence-corrected chi connectivity index (χ2v) is 4.49. The van der Waals surface area contributed by atoms with Gasteiger partial charge in [-0.05, 0) is 17.2 Å². The van der Waals surface area contributed by atoms with Crippen molar-refractivity contribution in [3.63, 3.8) is 0 Å². The van der Waals surface area contributed by atoms with E-state index in [0.717, 1.165) is 5.56 Å². The Morgan fingerprint density at radius 2 is 1.95 bits per heavy atom. The van der Waals surface area contributed by atoms with E-state index >= 15 is 0 Å². The zero-order chi connectivity index (χ0) is 14.5. The molecule has 0 heterocycles. The molecule has 2 rings (SSSR count). The highest BCUT2D eigenvalue weighted by molar-refractivity contribution is 5.88. The molecule has 0 amide bonds. The molecule has 0 bridgehead atoms. The van der Waals surface area contributed by atoms with E-state index in [1.54, 1.807) is 19.1 Å². The predicted molar refractivity (Wildman–Crippen MR) is 75.5 cm³/mol. The third-order valence-corrected chi connectivity index (χ3v) is 3.21. The Morgan fingerprint density at radius 3 is 2.50 bits per heavy atom. The monoisotopic (exact) mass is 267 g/mol. The fourth-order valence-electron chi connectivity index (χ4n) is 2.10. The molecular formula is C17H14FNO. The standard InChI is InChI=1S/C17H14FNO/c1-2-17(20)15(11-19)13-8-9-14(16(18)10-13)12-6-4-3-5-7-12/h3-10,15H,2H2,1H3. The Morgan fingerprint density at radius 1 is 1.25 bits per heavy atom. The molecule has 2 nitrogen and oxygen atoms in total. The lowest BCUT2D eigenvalue weighted by atomic mass is 9.92. The maximum Gasteiger partial charge on any atom is 0.154 e. The summed E-state index contributed by atoms with van der Waals surface area (Å²) in [6.07, 6.45) is 0.264. The van der Waals surface area contributed by atoms with E-state index in [0.29, 0.717) is 11.1 Å². The number of Topliss-reactive ketones (excluding diaryl/α,β-unsaturated/α-hetero) is 1. The van der Waals surface area contributed by atoms with Crippen molar-refractivity contribution in [2.24, 2.45) is 0 Å². The average molecular weight is 267 g/mol. The first-order valence-electron chi connectivity index (χ1n) is 6.44. The van der Waals surface area contributed by atoms with Gasteiger partial charge in [0, 0.05) is 12.0 Å². The first-order chi connectivity index (χ1) is 9.67. The Hall–Kier alpha value is -2.47. The van der Waals surface area contributed by atoms with Gasteiger partial charge in [0.15, 0.2) is 5.78 Å². The van der Waals surface area contributed by atoms with E-state index in [2.05, 4.69) is 0 Å². The molecule has 0 aliphatic heterocycles. The molecule has 0 aliphatic rings. The summed E-state index contributed by atoms with van der Waals surface area (Å²) in [5, 5.41) is 9.06. The fraction of sp³-hybridized carbons (Fsp3) is 0.176. The number of carbonyl (C=O) groups excluding carboxylic acids is 1. The van der Waals surface area contributed by atoms with Crippen molar-refractivity contribution in [3.8, 4) is 17.2 Å². The SMILES string of the molecule is CCC(=O)C(C#N)c1ccc(-c2ccccc2)c(F)c1. The molecule has 0 radical (unpaired) electrons. The van der Waals surface area contributed by atoms with Gasteiger partial charge in [0.1, 0.15) is 11.7 Å². The number of hydrogen-bond acceptors (Lipinski definition) is 2. The van der Waals surface area contributed by atoms with Crippen LogP contribution >= 0.6 is 0 Å². The van der Waals surface area contributed by atoms with E-state index in [-0.39, 0.29) is 12.2 Å². The highest BCUT2D eigenvalue weighted by Crippen LogP contribution is 2.26. The molecule has 0 saturated carbocycles.